The molecule has 0 aliphatic carbocycles. The first-order valence-corrected chi connectivity index (χ1v) is 22.1. The number of hydrogen-bond donors (Lipinski definition) is 2. The minimum Gasteiger partial charge on any atom is -0.464 e. The third kappa shape index (κ3) is 9.52. The lowest BCUT2D eigenvalue weighted by Gasteiger charge is -2.39. The highest BCUT2D eigenvalue weighted by molar-refractivity contribution is 5.96. The fraction of sp³-hybridized carbons (Fsp3) is 0.521. The normalized spacial score (nSPS) is 20.5. The number of piperazine rings is 1. The van der Waals surface area contributed by atoms with Crippen LogP contribution in [0.3, 0.4) is 0 Å². The van der Waals surface area contributed by atoms with Gasteiger partial charge in [0.15, 0.2) is 0 Å². The number of aromatic nitrogens is 2. The van der Waals surface area contributed by atoms with Crippen molar-refractivity contribution in [1.82, 2.24) is 40.0 Å². The standard InChI is InChI=1S/C48H64N8O6/c1-9-55-41-16-15-34-26-36(41)37(43(55)38-28-49-18-17-35(38)29-61-8)27-48(4,5)30-62-46(59)39-14-11-19-56(51-39)45(58)40(25-32-12-10-13-33(34)24-32)50-44(57)42(31(2)3)53(7)47(60)54-22-20-52(6)21-23-54/h10,12-13,15-18,24,26,28,31,39-40,42,51H,9,11,14,19-23,25,27,29-30H2,1-8H3,(H,50,57)/t39-,40-,42-/m0/s1. The van der Waals surface area contributed by atoms with Crippen LogP contribution < -0.4 is 10.7 Å². The number of methoxy groups -OCH3 is 1. The van der Waals surface area contributed by atoms with E-state index in [0.29, 0.717) is 45.5 Å². The fourth-order valence-electron chi connectivity index (χ4n) is 9.37. The smallest absolute Gasteiger partial charge is 0.324 e. The van der Waals surface area contributed by atoms with Crippen molar-refractivity contribution < 1.29 is 28.7 Å². The van der Waals surface area contributed by atoms with Gasteiger partial charge in [0.05, 0.1) is 18.9 Å². The van der Waals surface area contributed by atoms with Crippen LogP contribution in [0, 0.1) is 11.3 Å². The van der Waals surface area contributed by atoms with Crippen molar-refractivity contribution in [3.63, 3.8) is 0 Å². The highest BCUT2D eigenvalue weighted by Crippen LogP contribution is 2.41. The van der Waals surface area contributed by atoms with Crippen LogP contribution in [0.25, 0.3) is 33.3 Å². The molecule has 2 aromatic heterocycles. The Morgan fingerprint density at radius 1 is 1.05 bits per heavy atom. The number of hydrazine groups is 1. The number of cyclic esters (lactones) is 1. The van der Waals surface area contributed by atoms with Crippen LogP contribution in [0.15, 0.2) is 60.9 Å². The summed E-state index contributed by atoms with van der Waals surface area (Å²) >= 11 is 0. The topological polar surface area (TPSA) is 142 Å². The molecule has 2 aromatic carbocycles. The van der Waals surface area contributed by atoms with Crippen LogP contribution in [0.5, 0.6) is 0 Å². The lowest BCUT2D eigenvalue weighted by atomic mass is 9.84. The number of carbonyl (C=O) groups is 4. The number of benzene rings is 2. The third-order valence-corrected chi connectivity index (χ3v) is 12.7. The average Bonchev–Trinajstić information content (AvgIpc) is 3.56. The quantitative estimate of drug-likeness (QED) is 0.220. The van der Waals surface area contributed by atoms with E-state index in [-0.39, 0.29) is 30.9 Å². The van der Waals surface area contributed by atoms with Crippen molar-refractivity contribution >= 4 is 34.7 Å². The molecule has 7 rings (SSSR count). The van der Waals surface area contributed by atoms with Gasteiger partial charge in [0.1, 0.15) is 18.1 Å². The number of likely N-dealkylation sites (N-methyl/N-ethyl adjacent to an activating group) is 2. The Morgan fingerprint density at radius 3 is 2.53 bits per heavy atom. The molecule has 0 radical (unpaired) electrons. The SMILES string of the molecule is CCn1c(-c2cnccc2COC)c2c3cc(ccc31)-c1cccc(c1)C[C@H](NC(=O)[C@H](C(C)C)N(C)C(=O)N1CCN(C)CC1)C(=O)N1CCC[C@H](N1)C(=O)OCC(C)(C)C2. The van der Waals surface area contributed by atoms with E-state index in [1.54, 1.807) is 25.3 Å². The average molecular weight is 849 g/mol. The summed E-state index contributed by atoms with van der Waals surface area (Å²) in [6.45, 7) is 14.5. The number of aryl methyl sites for hydroxylation is 1. The zero-order valence-corrected chi connectivity index (χ0v) is 37.7. The van der Waals surface area contributed by atoms with Crippen LogP contribution >= 0.6 is 0 Å². The second-order valence-corrected chi connectivity index (χ2v) is 18.4. The van der Waals surface area contributed by atoms with Crippen molar-refractivity contribution in [2.24, 2.45) is 11.3 Å². The minimum absolute atomic E-state index is 0.158. The van der Waals surface area contributed by atoms with E-state index in [0.717, 1.165) is 69.6 Å². The zero-order chi connectivity index (χ0) is 44.3. The van der Waals surface area contributed by atoms with Crippen molar-refractivity contribution in [2.45, 2.75) is 91.6 Å². The van der Waals surface area contributed by atoms with Gasteiger partial charge in [-0.15, -0.1) is 0 Å². The molecule has 332 valence electrons. The molecule has 3 aliphatic heterocycles. The largest absolute Gasteiger partial charge is 0.464 e. The van der Waals surface area contributed by atoms with E-state index in [2.05, 4.69) is 76.3 Å². The summed E-state index contributed by atoms with van der Waals surface area (Å²) in [5, 5.41) is 5.65. The van der Waals surface area contributed by atoms with E-state index >= 15 is 0 Å². The van der Waals surface area contributed by atoms with Crippen molar-refractivity contribution in [3.8, 4) is 22.4 Å². The summed E-state index contributed by atoms with van der Waals surface area (Å²) in [7, 11) is 5.39. The van der Waals surface area contributed by atoms with Gasteiger partial charge in [0.2, 0.25) is 5.91 Å². The summed E-state index contributed by atoms with van der Waals surface area (Å²) in [5.41, 5.74) is 10.9. The number of esters is 1. The van der Waals surface area contributed by atoms with Crippen molar-refractivity contribution in [2.75, 3.05) is 60.5 Å². The first-order valence-electron chi connectivity index (χ1n) is 22.1. The molecule has 4 amide bonds. The highest BCUT2D eigenvalue weighted by Gasteiger charge is 2.38. The number of ether oxygens (including phenoxy) is 2. The van der Waals surface area contributed by atoms with E-state index in [1.807, 2.05) is 45.3 Å². The number of pyridine rings is 1. The van der Waals surface area contributed by atoms with Crippen LogP contribution in [-0.4, -0.2) is 132 Å². The molecule has 0 saturated carbocycles. The molecule has 3 atom stereocenters. The second kappa shape index (κ2) is 19.0. The Bertz CT molecular complexity index is 2280. The van der Waals surface area contributed by atoms with Gasteiger partial charge in [0.25, 0.3) is 5.91 Å². The summed E-state index contributed by atoms with van der Waals surface area (Å²) in [5.74, 6) is -1.44. The van der Waals surface area contributed by atoms with E-state index in [4.69, 9.17) is 9.47 Å². The number of amides is 4. The number of nitrogens with zero attached hydrogens (tertiary/aromatic N) is 6. The molecule has 2 fully saturated rings. The summed E-state index contributed by atoms with van der Waals surface area (Å²) < 4.78 is 14.1. The molecular formula is C48H64N8O6. The minimum atomic E-state index is -0.998. The number of rotatable bonds is 8. The predicted molar refractivity (Wildman–Crippen MR) is 240 cm³/mol. The molecule has 0 spiro atoms. The van der Waals surface area contributed by atoms with Gasteiger partial charge in [-0.2, -0.15) is 0 Å². The van der Waals surface area contributed by atoms with E-state index in [1.165, 1.54) is 9.91 Å². The van der Waals surface area contributed by atoms with Crippen LogP contribution in [0.2, 0.25) is 0 Å². The summed E-state index contributed by atoms with van der Waals surface area (Å²) in [4.78, 5) is 66.7. The van der Waals surface area contributed by atoms with Gasteiger partial charge in [-0.05, 0) is 85.2 Å². The first-order chi connectivity index (χ1) is 29.7. The van der Waals surface area contributed by atoms with Gasteiger partial charge < -0.3 is 34.1 Å². The first kappa shape index (κ1) is 44.7. The number of urea groups is 1. The molecule has 4 aromatic rings. The molecule has 5 heterocycles. The van der Waals surface area contributed by atoms with Gasteiger partial charge in [-0.3, -0.25) is 24.4 Å². The van der Waals surface area contributed by atoms with Crippen LogP contribution in [0.1, 0.15) is 64.2 Å². The molecule has 14 nitrogen and oxygen atoms in total. The number of nitrogens with one attached hydrogen (secondary N) is 2. The summed E-state index contributed by atoms with van der Waals surface area (Å²) in [6, 6.07) is 13.9. The Kier molecular flexibility index (Phi) is 13.7. The van der Waals surface area contributed by atoms with Crippen LogP contribution in [-0.2, 0) is 49.9 Å². The van der Waals surface area contributed by atoms with Gasteiger partial charge >= 0.3 is 12.0 Å². The van der Waals surface area contributed by atoms with E-state index < -0.39 is 35.4 Å². The molecule has 6 bridgehead atoms. The molecular weight excluding hydrogens is 785 g/mol. The maximum Gasteiger partial charge on any atom is 0.324 e. The molecule has 2 saturated heterocycles. The Labute approximate surface area is 365 Å². The predicted octanol–water partition coefficient (Wildman–Crippen LogP) is 5.51. The van der Waals surface area contributed by atoms with Crippen molar-refractivity contribution in [3.05, 3.63) is 77.6 Å². The number of fused-ring (bicyclic) bond motifs is 6. The number of hydrogen-bond acceptors (Lipinski definition) is 9. The maximum absolute atomic E-state index is 14.6. The maximum atomic E-state index is 14.6. The number of carbonyl (C=O) groups excluding carboxylic acids is 4. The molecule has 14 heteroatoms. The third-order valence-electron chi connectivity index (χ3n) is 12.7. The van der Waals surface area contributed by atoms with Gasteiger partial charge in [0, 0.05) is 94.1 Å². The van der Waals surface area contributed by atoms with Gasteiger partial charge in [-0.1, -0.05) is 58.0 Å². The second-order valence-electron chi connectivity index (χ2n) is 18.4. The Balaban J connectivity index is 1.30. The lowest BCUT2D eigenvalue weighted by molar-refractivity contribution is -0.155. The summed E-state index contributed by atoms with van der Waals surface area (Å²) in [6.07, 6.45) is 5.58. The Morgan fingerprint density at radius 2 is 1.81 bits per heavy atom. The monoisotopic (exact) mass is 848 g/mol. The van der Waals surface area contributed by atoms with Crippen LogP contribution in [0.4, 0.5) is 4.79 Å². The zero-order valence-electron chi connectivity index (χ0n) is 37.7. The van der Waals surface area contributed by atoms with Crippen molar-refractivity contribution in [1.29, 1.82) is 0 Å². The van der Waals surface area contributed by atoms with Gasteiger partial charge in [-0.25, -0.2) is 10.2 Å². The fourth-order valence-corrected chi connectivity index (χ4v) is 9.37. The molecule has 62 heavy (non-hydrogen) atoms. The molecule has 3 aliphatic rings. The Hall–Kier alpha value is -5.31. The lowest BCUT2D eigenvalue weighted by Crippen LogP contribution is -2.62. The van der Waals surface area contributed by atoms with E-state index in [9.17, 15) is 19.2 Å². The molecule has 0 unspecified atom stereocenters. The highest BCUT2D eigenvalue weighted by atomic mass is 16.5. The molecule has 2 N–H and O–H groups in total.